The highest BCUT2D eigenvalue weighted by molar-refractivity contribution is 6.36. The number of nitrogens with zero attached hydrogens (tertiary/aromatic N) is 1. The molecule has 1 amide bonds. The number of benzene rings is 1. The molecule has 5 nitrogen and oxygen atoms in total. The van der Waals surface area contributed by atoms with Gasteiger partial charge in [0.05, 0.1) is 16.3 Å². The van der Waals surface area contributed by atoms with E-state index in [-0.39, 0.29) is 16.5 Å². The monoisotopic (exact) mass is 298 g/mol. The largest absolute Gasteiger partial charge is 0.449 e. The van der Waals surface area contributed by atoms with E-state index >= 15 is 0 Å². The SMILES string of the molecule is CCN(CC)C(=O)C(C)OC(=O)c1cccc(N)c1Cl. The number of nitrogen functional groups attached to an aromatic ring is 1. The number of halogens is 1. The zero-order chi connectivity index (χ0) is 15.3. The van der Waals surface area contributed by atoms with Gasteiger partial charge >= 0.3 is 5.97 Å². The van der Waals surface area contributed by atoms with Crippen LogP contribution >= 0.6 is 11.6 Å². The first-order chi connectivity index (χ1) is 9.42. The second-order valence-electron chi connectivity index (χ2n) is 4.27. The number of rotatable bonds is 5. The van der Waals surface area contributed by atoms with Crippen LogP contribution in [0.4, 0.5) is 5.69 Å². The molecule has 2 N–H and O–H groups in total. The maximum Gasteiger partial charge on any atom is 0.340 e. The van der Waals surface area contributed by atoms with E-state index in [1.54, 1.807) is 24.0 Å². The molecule has 6 heteroatoms. The molecule has 1 atom stereocenters. The van der Waals surface area contributed by atoms with Gasteiger partial charge in [0.1, 0.15) is 0 Å². The summed E-state index contributed by atoms with van der Waals surface area (Å²) in [5.41, 5.74) is 6.08. The van der Waals surface area contributed by atoms with Gasteiger partial charge in [0.2, 0.25) is 0 Å². The first-order valence-electron chi connectivity index (χ1n) is 6.46. The molecule has 0 bridgehead atoms. The van der Waals surface area contributed by atoms with E-state index in [0.29, 0.717) is 18.8 Å². The normalized spacial score (nSPS) is 11.8. The number of ether oxygens (including phenoxy) is 1. The van der Waals surface area contributed by atoms with Crippen LogP contribution in [-0.2, 0) is 9.53 Å². The first kappa shape index (κ1) is 16.3. The fourth-order valence-electron chi connectivity index (χ4n) is 1.77. The van der Waals surface area contributed by atoms with Gasteiger partial charge in [-0.3, -0.25) is 4.79 Å². The van der Waals surface area contributed by atoms with Crippen molar-refractivity contribution in [1.29, 1.82) is 0 Å². The summed E-state index contributed by atoms with van der Waals surface area (Å²) in [6, 6.07) is 4.70. The number of carbonyl (C=O) groups is 2. The number of hydrogen-bond donors (Lipinski definition) is 1. The highest BCUT2D eigenvalue weighted by Gasteiger charge is 2.23. The average molecular weight is 299 g/mol. The Labute approximate surface area is 123 Å². The van der Waals surface area contributed by atoms with Crippen LogP contribution in [0.2, 0.25) is 5.02 Å². The molecule has 1 unspecified atom stereocenters. The molecule has 0 heterocycles. The van der Waals surface area contributed by atoms with E-state index in [9.17, 15) is 9.59 Å². The molecule has 1 aromatic carbocycles. The van der Waals surface area contributed by atoms with E-state index in [1.807, 2.05) is 13.8 Å². The van der Waals surface area contributed by atoms with Crippen LogP contribution in [0.3, 0.4) is 0 Å². The van der Waals surface area contributed by atoms with Gasteiger partial charge in [0.25, 0.3) is 5.91 Å². The summed E-state index contributed by atoms with van der Waals surface area (Å²) in [6.45, 7) is 6.40. The van der Waals surface area contributed by atoms with Crippen LogP contribution in [0, 0.1) is 0 Å². The van der Waals surface area contributed by atoms with Crippen LogP contribution in [0.15, 0.2) is 18.2 Å². The topological polar surface area (TPSA) is 72.6 Å². The molecule has 110 valence electrons. The molecule has 0 aromatic heterocycles. The van der Waals surface area contributed by atoms with Crippen LogP contribution < -0.4 is 5.73 Å². The molecule has 0 aliphatic rings. The minimum absolute atomic E-state index is 0.139. The molecule has 20 heavy (non-hydrogen) atoms. The Bertz CT molecular complexity index is 501. The summed E-state index contributed by atoms with van der Waals surface area (Å²) in [7, 11) is 0. The van der Waals surface area contributed by atoms with Crippen molar-refractivity contribution in [1.82, 2.24) is 4.90 Å². The third-order valence-electron chi connectivity index (χ3n) is 2.96. The highest BCUT2D eigenvalue weighted by atomic mass is 35.5. The summed E-state index contributed by atoms with van der Waals surface area (Å²) in [6.07, 6.45) is -0.861. The minimum atomic E-state index is -0.861. The average Bonchev–Trinajstić information content (AvgIpc) is 2.42. The van der Waals surface area contributed by atoms with E-state index < -0.39 is 12.1 Å². The van der Waals surface area contributed by atoms with Gasteiger partial charge in [-0.25, -0.2) is 4.79 Å². The molecule has 0 fully saturated rings. The fraction of sp³-hybridized carbons (Fsp3) is 0.429. The van der Waals surface area contributed by atoms with Crippen molar-refractivity contribution >= 4 is 29.2 Å². The van der Waals surface area contributed by atoms with Crippen molar-refractivity contribution in [3.05, 3.63) is 28.8 Å². The zero-order valence-electron chi connectivity index (χ0n) is 11.9. The third-order valence-corrected chi connectivity index (χ3v) is 3.38. The van der Waals surface area contributed by atoms with Crippen LogP contribution in [-0.4, -0.2) is 36.0 Å². The van der Waals surface area contributed by atoms with Gasteiger partial charge in [-0.05, 0) is 32.9 Å². The summed E-state index contributed by atoms with van der Waals surface area (Å²) in [5.74, 6) is -0.890. The molecular formula is C14H19ClN2O3. The van der Waals surface area contributed by atoms with Crippen molar-refractivity contribution in [3.8, 4) is 0 Å². The van der Waals surface area contributed by atoms with Crippen molar-refractivity contribution < 1.29 is 14.3 Å². The lowest BCUT2D eigenvalue weighted by Gasteiger charge is -2.22. The number of amides is 1. The van der Waals surface area contributed by atoms with Gasteiger partial charge in [0, 0.05) is 13.1 Å². The van der Waals surface area contributed by atoms with E-state index in [1.165, 1.54) is 6.07 Å². The highest BCUT2D eigenvalue weighted by Crippen LogP contribution is 2.24. The molecule has 0 radical (unpaired) electrons. The Morgan fingerprint density at radius 3 is 2.50 bits per heavy atom. The zero-order valence-corrected chi connectivity index (χ0v) is 12.6. The van der Waals surface area contributed by atoms with E-state index in [2.05, 4.69) is 0 Å². The Kier molecular flexibility index (Phi) is 5.82. The van der Waals surface area contributed by atoms with Gasteiger partial charge < -0.3 is 15.4 Å². The molecule has 1 aromatic rings. The van der Waals surface area contributed by atoms with Gasteiger partial charge in [-0.2, -0.15) is 0 Å². The number of likely N-dealkylation sites (N-methyl/N-ethyl adjacent to an activating group) is 1. The van der Waals surface area contributed by atoms with Crippen molar-refractivity contribution in [2.75, 3.05) is 18.8 Å². The second-order valence-corrected chi connectivity index (χ2v) is 4.64. The Balaban J connectivity index is 2.80. The van der Waals surface area contributed by atoms with Gasteiger partial charge in [-0.1, -0.05) is 17.7 Å². The van der Waals surface area contributed by atoms with Gasteiger partial charge in [-0.15, -0.1) is 0 Å². The summed E-state index contributed by atoms with van der Waals surface area (Å²) in [5, 5.41) is 0.139. The smallest absolute Gasteiger partial charge is 0.340 e. The number of carbonyl (C=O) groups excluding carboxylic acids is 2. The molecule has 0 aliphatic carbocycles. The summed E-state index contributed by atoms with van der Waals surface area (Å²) in [4.78, 5) is 25.6. The van der Waals surface area contributed by atoms with Crippen molar-refractivity contribution in [2.24, 2.45) is 0 Å². The lowest BCUT2D eigenvalue weighted by molar-refractivity contribution is -0.139. The van der Waals surface area contributed by atoms with Crippen molar-refractivity contribution in [3.63, 3.8) is 0 Å². The molecule has 0 saturated heterocycles. The standard InChI is InChI=1S/C14H19ClN2O3/c1-4-17(5-2)13(18)9(3)20-14(19)10-7-6-8-11(16)12(10)15/h6-9H,4-5,16H2,1-3H3. The lowest BCUT2D eigenvalue weighted by atomic mass is 10.2. The molecule has 0 saturated carbocycles. The lowest BCUT2D eigenvalue weighted by Crippen LogP contribution is -2.39. The van der Waals surface area contributed by atoms with Crippen LogP contribution in [0.25, 0.3) is 0 Å². The number of hydrogen-bond acceptors (Lipinski definition) is 4. The van der Waals surface area contributed by atoms with Crippen LogP contribution in [0.1, 0.15) is 31.1 Å². The predicted molar refractivity (Wildman–Crippen MR) is 78.7 cm³/mol. The Morgan fingerprint density at radius 1 is 1.35 bits per heavy atom. The van der Waals surface area contributed by atoms with E-state index in [0.717, 1.165) is 0 Å². The van der Waals surface area contributed by atoms with E-state index in [4.69, 9.17) is 22.1 Å². The molecule has 0 spiro atoms. The number of esters is 1. The Morgan fingerprint density at radius 2 is 1.95 bits per heavy atom. The first-order valence-corrected chi connectivity index (χ1v) is 6.83. The third kappa shape index (κ3) is 3.63. The van der Waals surface area contributed by atoms with Crippen LogP contribution in [0.5, 0.6) is 0 Å². The molecular weight excluding hydrogens is 280 g/mol. The fourth-order valence-corrected chi connectivity index (χ4v) is 1.98. The summed E-state index contributed by atoms with van der Waals surface area (Å²) < 4.78 is 5.15. The predicted octanol–water partition coefficient (Wildman–Crippen LogP) is 2.34. The molecule has 1 rings (SSSR count). The molecule has 0 aliphatic heterocycles. The maximum absolute atomic E-state index is 12.0. The number of anilines is 1. The second kappa shape index (κ2) is 7.14. The summed E-state index contributed by atoms with van der Waals surface area (Å²) >= 11 is 5.95. The van der Waals surface area contributed by atoms with Crippen molar-refractivity contribution in [2.45, 2.75) is 26.9 Å². The maximum atomic E-state index is 12.0. The van der Waals surface area contributed by atoms with Gasteiger partial charge in [0.15, 0.2) is 6.10 Å². The Hall–Kier alpha value is -1.75. The number of nitrogens with two attached hydrogens (primary N) is 1. The minimum Gasteiger partial charge on any atom is -0.449 e. The quantitative estimate of drug-likeness (QED) is 0.669.